The monoisotopic (exact) mass is 201 g/mol. The minimum Gasteiger partial charge on any atom is -0.478 e. The lowest BCUT2D eigenvalue weighted by molar-refractivity contribution is -0.177. The molecule has 0 heterocycles. The van der Waals surface area contributed by atoms with Crippen molar-refractivity contribution in [2.45, 2.75) is 32.6 Å². The number of hydrogen-bond acceptors (Lipinski definition) is 4. The van der Waals surface area contributed by atoms with Crippen molar-refractivity contribution in [3.63, 3.8) is 0 Å². The molecule has 3 N–H and O–H groups in total. The number of carbonyl (C=O) groups is 1. The smallest absolute Gasteiger partial charge is 0.351 e. The fraction of sp³-hybridized carbons (Fsp3) is 0.667. The van der Waals surface area contributed by atoms with Gasteiger partial charge in [-0.25, -0.2) is 9.59 Å². The second kappa shape index (κ2) is 4.91. The van der Waals surface area contributed by atoms with Gasteiger partial charge in [-0.15, -0.1) is 0 Å². The summed E-state index contributed by atoms with van der Waals surface area (Å²) in [5, 5.41) is 8.88. The van der Waals surface area contributed by atoms with Gasteiger partial charge in [-0.2, -0.15) is 0 Å². The van der Waals surface area contributed by atoms with Crippen molar-refractivity contribution in [1.29, 1.82) is 0 Å². The molecule has 0 amide bonds. The molecule has 5 nitrogen and oxygen atoms in total. The molecule has 80 valence electrons. The minimum atomic E-state index is -1.87. The molecule has 0 rings (SSSR count). The highest BCUT2D eigenvalue weighted by Crippen LogP contribution is 2.19. The molecule has 0 saturated heterocycles. The van der Waals surface area contributed by atoms with E-state index >= 15 is 0 Å². The Morgan fingerprint density at radius 3 is 2.36 bits per heavy atom. The second-order valence-electron chi connectivity index (χ2n) is 3.34. The third-order valence-corrected chi connectivity index (χ3v) is 1.76. The van der Waals surface area contributed by atoms with E-state index in [1.54, 1.807) is 13.8 Å². The van der Waals surface area contributed by atoms with Gasteiger partial charge in [0.2, 0.25) is 5.72 Å². The van der Waals surface area contributed by atoms with Gasteiger partial charge in [0.05, 0.1) is 6.10 Å². The van der Waals surface area contributed by atoms with Crippen LogP contribution in [0.2, 0.25) is 0 Å². The SMILES string of the molecule is CC(C)OC(N)(C(=O)O)C(C)C=C=O. The van der Waals surface area contributed by atoms with Crippen LogP contribution in [0.1, 0.15) is 20.8 Å². The molecule has 0 aliphatic rings. The number of nitrogens with two attached hydrogens (primary N) is 1. The lowest BCUT2D eigenvalue weighted by atomic mass is 9.98. The van der Waals surface area contributed by atoms with Crippen molar-refractivity contribution >= 4 is 11.9 Å². The number of carboxylic acids is 1. The van der Waals surface area contributed by atoms with Gasteiger partial charge in [-0.1, -0.05) is 6.92 Å². The summed E-state index contributed by atoms with van der Waals surface area (Å²) in [5.74, 6) is -0.534. The molecule has 0 aliphatic heterocycles. The van der Waals surface area contributed by atoms with Gasteiger partial charge in [0.15, 0.2) is 0 Å². The largest absolute Gasteiger partial charge is 0.478 e. The molecule has 0 radical (unpaired) electrons. The fourth-order valence-electron chi connectivity index (χ4n) is 0.968. The fourth-order valence-corrected chi connectivity index (χ4v) is 0.968. The normalized spacial score (nSPS) is 16.9. The average Bonchev–Trinajstić information content (AvgIpc) is 2.02. The molecule has 0 aromatic rings. The van der Waals surface area contributed by atoms with Crippen LogP contribution in [0.3, 0.4) is 0 Å². The molecule has 0 aromatic carbocycles. The Labute approximate surface area is 82.5 Å². The van der Waals surface area contributed by atoms with E-state index in [4.69, 9.17) is 15.6 Å². The summed E-state index contributed by atoms with van der Waals surface area (Å²) >= 11 is 0. The number of rotatable bonds is 5. The first-order chi connectivity index (χ1) is 6.34. The van der Waals surface area contributed by atoms with Crippen molar-refractivity contribution in [3.8, 4) is 0 Å². The van der Waals surface area contributed by atoms with Gasteiger partial charge in [0.25, 0.3) is 0 Å². The molecule has 0 saturated carbocycles. The van der Waals surface area contributed by atoms with Gasteiger partial charge < -0.3 is 9.84 Å². The van der Waals surface area contributed by atoms with Gasteiger partial charge in [0, 0.05) is 12.0 Å². The molecule has 2 unspecified atom stereocenters. The van der Waals surface area contributed by atoms with Crippen LogP contribution in [-0.2, 0) is 14.3 Å². The van der Waals surface area contributed by atoms with Crippen LogP contribution in [0.4, 0.5) is 0 Å². The Morgan fingerprint density at radius 2 is 2.07 bits per heavy atom. The number of ether oxygens (including phenoxy) is 1. The molecular formula is C9H15NO4. The van der Waals surface area contributed by atoms with Crippen LogP contribution in [0.25, 0.3) is 0 Å². The Morgan fingerprint density at radius 1 is 1.57 bits per heavy atom. The zero-order valence-electron chi connectivity index (χ0n) is 8.48. The molecule has 14 heavy (non-hydrogen) atoms. The Kier molecular flexibility index (Phi) is 4.50. The number of aliphatic carboxylic acids is 1. The van der Waals surface area contributed by atoms with Gasteiger partial charge in [-0.05, 0) is 13.8 Å². The van der Waals surface area contributed by atoms with E-state index in [1.807, 2.05) is 0 Å². The average molecular weight is 201 g/mol. The summed E-state index contributed by atoms with van der Waals surface area (Å²) < 4.78 is 5.08. The highest BCUT2D eigenvalue weighted by Gasteiger charge is 2.41. The molecule has 0 aromatic heterocycles. The van der Waals surface area contributed by atoms with Crippen LogP contribution in [-0.4, -0.2) is 28.8 Å². The highest BCUT2D eigenvalue weighted by molar-refractivity contribution is 5.77. The van der Waals surface area contributed by atoms with Gasteiger partial charge >= 0.3 is 5.97 Å². The summed E-state index contributed by atoms with van der Waals surface area (Å²) in [7, 11) is 0. The predicted molar refractivity (Wildman–Crippen MR) is 50.2 cm³/mol. The van der Waals surface area contributed by atoms with Crippen molar-refractivity contribution in [1.82, 2.24) is 0 Å². The van der Waals surface area contributed by atoms with E-state index in [0.29, 0.717) is 0 Å². The summed E-state index contributed by atoms with van der Waals surface area (Å²) in [6.07, 6.45) is 0.704. The Hall–Kier alpha value is -1.16. The zero-order valence-corrected chi connectivity index (χ0v) is 8.48. The zero-order chi connectivity index (χ0) is 11.4. The number of hydrogen-bond donors (Lipinski definition) is 2. The van der Waals surface area contributed by atoms with E-state index in [1.165, 1.54) is 12.9 Å². The topological polar surface area (TPSA) is 89.6 Å². The maximum absolute atomic E-state index is 10.9. The number of carboxylic acid groups (broad SMARTS) is 1. The maximum Gasteiger partial charge on any atom is 0.351 e. The molecule has 0 spiro atoms. The lowest BCUT2D eigenvalue weighted by Gasteiger charge is -2.30. The Bertz CT molecular complexity index is 258. The van der Waals surface area contributed by atoms with Crippen LogP contribution in [0.5, 0.6) is 0 Å². The quantitative estimate of drug-likeness (QED) is 0.489. The summed E-state index contributed by atoms with van der Waals surface area (Å²) in [6, 6.07) is 0. The molecule has 0 bridgehead atoms. The summed E-state index contributed by atoms with van der Waals surface area (Å²) in [4.78, 5) is 21.0. The van der Waals surface area contributed by atoms with E-state index in [-0.39, 0.29) is 6.10 Å². The van der Waals surface area contributed by atoms with Crippen molar-refractivity contribution in [2.24, 2.45) is 11.7 Å². The van der Waals surface area contributed by atoms with Crippen molar-refractivity contribution in [3.05, 3.63) is 6.08 Å². The number of carbonyl (C=O) groups excluding carboxylic acids is 1. The molecule has 5 heteroatoms. The third kappa shape index (κ3) is 2.96. The van der Waals surface area contributed by atoms with Gasteiger partial charge in [-0.3, -0.25) is 5.73 Å². The van der Waals surface area contributed by atoms with Crippen LogP contribution in [0, 0.1) is 5.92 Å². The van der Waals surface area contributed by atoms with E-state index in [0.717, 1.165) is 6.08 Å². The molecule has 2 atom stereocenters. The second-order valence-corrected chi connectivity index (χ2v) is 3.34. The standard InChI is InChI=1S/C9H15NO4/c1-6(2)14-9(10,8(12)13)7(3)4-5-11/h4,6-7H,10H2,1-3H3,(H,12,13). The first kappa shape index (κ1) is 12.8. The highest BCUT2D eigenvalue weighted by atomic mass is 16.5. The third-order valence-electron chi connectivity index (χ3n) is 1.76. The van der Waals surface area contributed by atoms with Crippen LogP contribution < -0.4 is 5.73 Å². The minimum absolute atomic E-state index is 0.335. The van der Waals surface area contributed by atoms with Crippen molar-refractivity contribution in [2.75, 3.05) is 0 Å². The maximum atomic E-state index is 10.9. The van der Waals surface area contributed by atoms with Gasteiger partial charge in [0.1, 0.15) is 5.94 Å². The predicted octanol–water partition coefficient (Wildman–Crippen LogP) is 0.175. The lowest BCUT2D eigenvalue weighted by Crippen LogP contribution is -2.56. The van der Waals surface area contributed by atoms with E-state index in [9.17, 15) is 9.59 Å². The molecule has 0 aliphatic carbocycles. The first-order valence-electron chi connectivity index (χ1n) is 4.25. The molecule has 0 fully saturated rings. The summed E-state index contributed by atoms with van der Waals surface area (Å²) in [6.45, 7) is 4.82. The van der Waals surface area contributed by atoms with E-state index < -0.39 is 17.6 Å². The van der Waals surface area contributed by atoms with E-state index in [2.05, 4.69) is 0 Å². The molecular weight excluding hydrogens is 186 g/mol. The van der Waals surface area contributed by atoms with Crippen LogP contribution >= 0.6 is 0 Å². The Balaban J connectivity index is 4.88. The first-order valence-corrected chi connectivity index (χ1v) is 4.25. The van der Waals surface area contributed by atoms with Crippen LogP contribution in [0.15, 0.2) is 6.08 Å². The summed E-state index contributed by atoms with van der Waals surface area (Å²) in [5.41, 5.74) is 3.67. The van der Waals surface area contributed by atoms with Crippen molar-refractivity contribution < 1.29 is 19.4 Å².